The normalized spacial score (nSPS) is 11.7. The molecule has 0 saturated heterocycles. The quantitative estimate of drug-likeness (QED) is 0.745. The van der Waals surface area contributed by atoms with Crippen molar-refractivity contribution in [2.24, 2.45) is 5.73 Å². The molecule has 0 aliphatic heterocycles. The van der Waals surface area contributed by atoms with Crippen molar-refractivity contribution in [2.45, 2.75) is 19.1 Å². The number of aliphatic hydroxyl groups is 1. The highest BCUT2D eigenvalue weighted by Gasteiger charge is 2.18. The molecule has 134 valence electrons. The van der Waals surface area contributed by atoms with E-state index in [0.29, 0.717) is 23.5 Å². The highest BCUT2D eigenvalue weighted by molar-refractivity contribution is 5.79. The number of nitrogens with two attached hydrogens (primary N) is 1. The van der Waals surface area contributed by atoms with E-state index in [0.717, 1.165) is 16.7 Å². The Morgan fingerprint density at radius 3 is 2.28 bits per heavy atom. The molecule has 0 aromatic heterocycles. The maximum atomic E-state index is 11.4. The summed E-state index contributed by atoms with van der Waals surface area (Å²) >= 11 is 0. The number of carbonyl (C=O) groups is 1. The second-order valence-corrected chi connectivity index (χ2v) is 5.52. The van der Waals surface area contributed by atoms with Crippen molar-refractivity contribution < 1.29 is 24.1 Å². The molecule has 0 unspecified atom stereocenters. The van der Waals surface area contributed by atoms with Crippen molar-refractivity contribution in [3.63, 3.8) is 0 Å². The van der Waals surface area contributed by atoms with E-state index in [4.69, 9.17) is 15.2 Å². The predicted octanol–water partition coefficient (Wildman–Crippen LogP) is 1.91. The molecule has 0 fully saturated rings. The number of ether oxygens (including phenoxy) is 3. The molecule has 0 aliphatic rings. The lowest BCUT2D eigenvalue weighted by Gasteiger charge is -2.17. The molecule has 2 rings (SSSR count). The average molecular weight is 345 g/mol. The Morgan fingerprint density at radius 1 is 1.08 bits per heavy atom. The van der Waals surface area contributed by atoms with Crippen LogP contribution in [0.15, 0.2) is 36.4 Å². The van der Waals surface area contributed by atoms with E-state index in [1.165, 1.54) is 7.11 Å². The van der Waals surface area contributed by atoms with E-state index < -0.39 is 12.0 Å². The van der Waals surface area contributed by atoms with Gasteiger partial charge in [0.2, 0.25) is 0 Å². The maximum absolute atomic E-state index is 11.4. The second kappa shape index (κ2) is 8.50. The molecule has 25 heavy (non-hydrogen) atoms. The van der Waals surface area contributed by atoms with Crippen molar-refractivity contribution >= 4 is 5.97 Å². The highest BCUT2D eigenvalue weighted by Crippen LogP contribution is 2.40. The molecule has 0 saturated carbocycles. The summed E-state index contributed by atoms with van der Waals surface area (Å²) in [5.74, 6) is 0.775. The second-order valence-electron chi connectivity index (χ2n) is 5.52. The fourth-order valence-corrected chi connectivity index (χ4v) is 2.71. The van der Waals surface area contributed by atoms with E-state index in [-0.39, 0.29) is 6.61 Å². The molecule has 2 aromatic rings. The van der Waals surface area contributed by atoms with Crippen molar-refractivity contribution in [3.8, 4) is 22.6 Å². The zero-order valence-corrected chi connectivity index (χ0v) is 14.6. The van der Waals surface area contributed by atoms with Gasteiger partial charge in [-0.25, -0.2) is 0 Å². The highest BCUT2D eigenvalue weighted by atomic mass is 16.5. The SMILES string of the molecule is COC(=O)[C@@H](N)Cc1ccc(-c2c(OC)ccc(CO)c2OC)cc1. The Bertz CT molecular complexity index is 727. The van der Waals surface area contributed by atoms with Gasteiger partial charge in [-0.15, -0.1) is 0 Å². The minimum absolute atomic E-state index is 0.133. The topological polar surface area (TPSA) is 91.0 Å². The lowest BCUT2D eigenvalue weighted by atomic mass is 9.97. The van der Waals surface area contributed by atoms with Gasteiger partial charge in [-0.3, -0.25) is 4.79 Å². The summed E-state index contributed by atoms with van der Waals surface area (Å²) in [6.45, 7) is -0.133. The summed E-state index contributed by atoms with van der Waals surface area (Å²) in [4.78, 5) is 11.4. The standard InChI is InChI=1S/C19H23NO5/c1-23-16-9-8-14(11-21)18(24-2)17(16)13-6-4-12(5-7-13)10-15(20)19(22)25-3/h4-9,15,21H,10-11,20H2,1-3H3/t15-/m0/s1. The van der Waals surface area contributed by atoms with Gasteiger partial charge in [-0.05, 0) is 29.7 Å². The van der Waals surface area contributed by atoms with Crippen LogP contribution in [0.5, 0.6) is 11.5 Å². The summed E-state index contributed by atoms with van der Waals surface area (Å²) in [7, 11) is 4.46. The number of aliphatic hydroxyl groups excluding tert-OH is 1. The zero-order chi connectivity index (χ0) is 18.4. The van der Waals surface area contributed by atoms with Crippen LogP contribution in [-0.4, -0.2) is 38.4 Å². The number of rotatable bonds is 7. The molecule has 6 heteroatoms. The first kappa shape index (κ1) is 18.8. The van der Waals surface area contributed by atoms with Crippen molar-refractivity contribution in [1.29, 1.82) is 0 Å². The van der Waals surface area contributed by atoms with E-state index in [1.807, 2.05) is 24.3 Å². The molecule has 0 amide bonds. The molecule has 2 aromatic carbocycles. The maximum Gasteiger partial charge on any atom is 0.322 e. The Hall–Kier alpha value is -2.57. The van der Waals surface area contributed by atoms with Gasteiger partial charge < -0.3 is 25.1 Å². The van der Waals surface area contributed by atoms with Crippen LogP contribution in [0.25, 0.3) is 11.1 Å². The lowest BCUT2D eigenvalue weighted by Crippen LogP contribution is -2.33. The summed E-state index contributed by atoms with van der Waals surface area (Å²) in [5, 5.41) is 9.52. The summed E-state index contributed by atoms with van der Waals surface area (Å²) < 4.78 is 15.6. The fraction of sp³-hybridized carbons (Fsp3) is 0.316. The van der Waals surface area contributed by atoms with Crippen LogP contribution in [0.3, 0.4) is 0 Å². The number of benzene rings is 2. The molecule has 1 atom stereocenters. The van der Waals surface area contributed by atoms with Gasteiger partial charge in [0.1, 0.15) is 17.5 Å². The minimum atomic E-state index is -0.697. The number of methoxy groups -OCH3 is 3. The third kappa shape index (κ3) is 4.10. The van der Waals surface area contributed by atoms with Crippen molar-refractivity contribution in [3.05, 3.63) is 47.5 Å². The third-order valence-electron chi connectivity index (χ3n) is 4.00. The molecule has 0 spiro atoms. The van der Waals surface area contributed by atoms with E-state index in [9.17, 15) is 9.90 Å². The van der Waals surface area contributed by atoms with Gasteiger partial charge in [0.15, 0.2) is 0 Å². The van der Waals surface area contributed by atoms with Gasteiger partial charge >= 0.3 is 5.97 Å². The molecule has 0 heterocycles. The molecule has 0 bridgehead atoms. The van der Waals surface area contributed by atoms with Gasteiger partial charge in [0, 0.05) is 5.56 Å². The number of hydrogen-bond acceptors (Lipinski definition) is 6. The molecule has 6 nitrogen and oxygen atoms in total. The number of hydrogen-bond donors (Lipinski definition) is 2. The van der Waals surface area contributed by atoms with Crippen LogP contribution in [0, 0.1) is 0 Å². The lowest BCUT2D eigenvalue weighted by molar-refractivity contribution is -0.142. The first-order valence-electron chi connectivity index (χ1n) is 7.83. The largest absolute Gasteiger partial charge is 0.496 e. The van der Waals surface area contributed by atoms with Gasteiger partial charge in [0.05, 0.1) is 33.5 Å². The van der Waals surface area contributed by atoms with Crippen LogP contribution < -0.4 is 15.2 Å². The molecular weight excluding hydrogens is 322 g/mol. The van der Waals surface area contributed by atoms with Crippen molar-refractivity contribution in [1.82, 2.24) is 0 Å². The van der Waals surface area contributed by atoms with Crippen LogP contribution in [0.2, 0.25) is 0 Å². The monoisotopic (exact) mass is 345 g/mol. The van der Waals surface area contributed by atoms with E-state index >= 15 is 0 Å². The zero-order valence-electron chi connectivity index (χ0n) is 14.6. The first-order chi connectivity index (χ1) is 12.0. The van der Waals surface area contributed by atoms with Gasteiger partial charge in [0.25, 0.3) is 0 Å². The van der Waals surface area contributed by atoms with Crippen molar-refractivity contribution in [2.75, 3.05) is 21.3 Å². The Labute approximate surface area is 147 Å². The summed E-state index contributed by atoms with van der Waals surface area (Å²) in [5.41, 5.74) is 9.03. The molecule has 0 aliphatic carbocycles. The third-order valence-corrected chi connectivity index (χ3v) is 4.00. The predicted molar refractivity (Wildman–Crippen MR) is 94.6 cm³/mol. The van der Waals surface area contributed by atoms with Crippen LogP contribution in [0.4, 0.5) is 0 Å². The Morgan fingerprint density at radius 2 is 1.76 bits per heavy atom. The summed E-state index contributed by atoms with van der Waals surface area (Å²) in [6.07, 6.45) is 0.387. The van der Waals surface area contributed by atoms with Gasteiger partial charge in [-0.1, -0.05) is 24.3 Å². The summed E-state index contributed by atoms with van der Waals surface area (Å²) in [6, 6.07) is 10.5. The van der Waals surface area contributed by atoms with Crippen LogP contribution in [-0.2, 0) is 22.6 Å². The number of carbonyl (C=O) groups excluding carboxylic acids is 1. The first-order valence-corrected chi connectivity index (χ1v) is 7.83. The van der Waals surface area contributed by atoms with Crippen LogP contribution >= 0.6 is 0 Å². The molecule has 0 radical (unpaired) electrons. The van der Waals surface area contributed by atoms with Gasteiger partial charge in [-0.2, -0.15) is 0 Å². The Kier molecular flexibility index (Phi) is 6.38. The Balaban J connectivity index is 2.38. The minimum Gasteiger partial charge on any atom is -0.496 e. The smallest absolute Gasteiger partial charge is 0.322 e. The average Bonchev–Trinajstić information content (AvgIpc) is 2.66. The van der Waals surface area contributed by atoms with Crippen LogP contribution in [0.1, 0.15) is 11.1 Å². The molecule has 3 N–H and O–H groups in total. The van der Waals surface area contributed by atoms with E-state index in [1.54, 1.807) is 26.4 Å². The molecular formula is C19H23NO5. The van der Waals surface area contributed by atoms with E-state index in [2.05, 4.69) is 4.74 Å². The fourth-order valence-electron chi connectivity index (χ4n) is 2.71. The number of esters is 1.